The van der Waals surface area contributed by atoms with Crippen molar-refractivity contribution in [1.29, 1.82) is 0 Å². The summed E-state index contributed by atoms with van der Waals surface area (Å²) in [6.07, 6.45) is 0. The van der Waals surface area contributed by atoms with Crippen LogP contribution in [0, 0.1) is 0 Å². The van der Waals surface area contributed by atoms with Crippen LogP contribution in [0.5, 0.6) is 0 Å². The molecule has 0 aliphatic rings. The number of carbonyl (C=O) groups excluding carboxylic acids is 1. The zero-order valence-corrected chi connectivity index (χ0v) is 10.7. The van der Waals surface area contributed by atoms with Crippen LogP contribution in [0.15, 0.2) is 48.5 Å². The molecule has 1 unspecified atom stereocenters. The predicted octanol–water partition coefficient (Wildman–Crippen LogP) is 4.12. The molecule has 1 aromatic heterocycles. The fraction of sp³-hybridized carbons (Fsp3) is 0.133. The number of halogens is 1. The second-order valence-corrected chi connectivity index (χ2v) is 4.76. The third-order valence-electron chi connectivity index (χ3n) is 3.33. The SMILES string of the molecule is CC(C(=O)Cl)n1c2ccccc2c2ccccc21. The van der Waals surface area contributed by atoms with E-state index in [1.54, 1.807) is 0 Å². The Morgan fingerprint density at radius 2 is 1.44 bits per heavy atom. The number of rotatable bonds is 2. The number of carbonyl (C=O) groups is 1. The third-order valence-corrected chi connectivity index (χ3v) is 3.65. The quantitative estimate of drug-likeness (QED) is 0.633. The van der Waals surface area contributed by atoms with Gasteiger partial charge in [0.2, 0.25) is 5.24 Å². The van der Waals surface area contributed by atoms with Gasteiger partial charge >= 0.3 is 0 Å². The van der Waals surface area contributed by atoms with Crippen LogP contribution in [-0.2, 0) is 4.79 Å². The molecule has 0 aliphatic heterocycles. The second-order valence-electron chi connectivity index (χ2n) is 4.38. The highest BCUT2D eigenvalue weighted by Crippen LogP contribution is 2.32. The Balaban J connectivity index is 2.49. The zero-order chi connectivity index (χ0) is 12.7. The molecule has 1 atom stereocenters. The maximum Gasteiger partial charge on any atom is 0.244 e. The molecule has 0 saturated heterocycles. The Morgan fingerprint density at radius 3 is 1.89 bits per heavy atom. The van der Waals surface area contributed by atoms with Gasteiger partial charge in [0.1, 0.15) is 6.04 Å². The fourth-order valence-corrected chi connectivity index (χ4v) is 2.57. The summed E-state index contributed by atoms with van der Waals surface area (Å²) in [4.78, 5) is 11.5. The molecule has 0 fully saturated rings. The van der Waals surface area contributed by atoms with Gasteiger partial charge in [-0.1, -0.05) is 36.4 Å². The molecule has 2 aromatic carbocycles. The van der Waals surface area contributed by atoms with Crippen molar-refractivity contribution in [2.75, 3.05) is 0 Å². The lowest BCUT2D eigenvalue weighted by molar-refractivity contribution is -0.113. The number of hydrogen-bond donors (Lipinski definition) is 0. The van der Waals surface area contributed by atoms with Crippen LogP contribution in [0.3, 0.4) is 0 Å². The van der Waals surface area contributed by atoms with Crippen LogP contribution in [0.25, 0.3) is 21.8 Å². The minimum absolute atomic E-state index is 0.346. The smallest absolute Gasteiger partial charge is 0.244 e. The van der Waals surface area contributed by atoms with Crippen LogP contribution in [0.2, 0.25) is 0 Å². The van der Waals surface area contributed by atoms with Gasteiger partial charge in [-0.25, -0.2) is 0 Å². The Morgan fingerprint density at radius 1 is 1.00 bits per heavy atom. The van der Waals surface area contributed by atoms with E-state index >= 15 is 0 Å². The van der Waals surface area contributed by atoms with E-state index in [0.29, 0.717) is 0 Å². The van der Waals surface area contributed by atoms with Crippen molar-refractivity contribution in [1.82, 2.24) is 4.57 Å². The number of para-hydroxylation sites is 2. The van der Waals surface area contributed by atoms with Crippen LogP contribution < -0.4 is 0 Å². The summed E-state index contributed by atoms with van der Waals surface area (Å²) in [6, 6.07) is 15.8. The van der Waals surface area contributed by atoms with Crippen molar-refractivity contribution in [3.05, 3.63) is 48.5 Å². The first-order valence-electron chi connectivity index (χ1n) is 5.87. The molecule has 0 amide bonds. The van der Waals surface area contributed by atoms with Gasteiger partial charge in [0.25, 0.3) is 0 Å². The zero-order valence-electron chi connectivity index (χ0n) is 9.93. The molecule has 0 bridgehead atoms. The second kappa shape index (κ2) is 4.14. The van der Waals surface area contributed by atoms with E-state index in [4.69, 9.17) is 11.6 Å². The maximum atomic E-state index is 11.5. The van der Waals surface area contributed by atoms with Gasteiger partial charge in [-0.15, -0.1) is 0 Å². The molecule has 18 heavy (non-hydrogen) atoms. The van der Waals surface area contributed by atoms with Crippen LogP contribution in [0.1, 0.15) is 13.0 Å². The lowest BCUT2D eigenvalue weighted by atomic mass is 10.2. The number of aromatic nitrogens is 1. The van der Waals surface area contributed by atoms with Gasteiger partial charge in [-0.2, -0.15) is 0 Å². The van der Waals surface area contributed by atoms with Gasteiger partial charge in [0.15, 0.2) is 0 Å². The van der Waals surface area contributed by atoms with Gasteiger partial charge in [-0.3, -0.25) is 4.79 Å². The van der Waals surface area contributed by atoms with E-state index in [1.807, 2.05) is 47.9 Å². The minimum atomic E-state index is -0.364. The third kappa shape index (κ3) is 1.53. The standard InChI is InChI=1S/C15H12ClNO/c1-10(15(16)18)17-13-8-4-2-6-11(13)12-7-3-5-9-14(12)17/h2-10H,1H3. The first-order chi connectivity index (χ1) is 8.70. The number of nitrogens with zero attached hydrogens (tertiary/aromatic N) is 1. The lowest BCUT2D eigenvalue weighted by Gasteiger charge is -2.12. The summed E-state index contributed by atoms with van der Waals surface area (Å²) < 4.78 is 2.00. The highest BCUT2D eigenvalue weighted by Gasteiger charge is 2.18. The van der Waals surface area contributed by atoms with E-state index in [-0.39, 0.29) is 11.3 Å². The molecule has 3 heteroatoms. The maximum absolute atomic E-state index is 11.5. The van der Waals surface area contributed by atoms with Crippen molar-refractivity contribution in [2.45, 2.75) is 13.0 Å². The Kier molecular flexibility index (Phi) is 2.60. The van der Waals surface area contributed by atoms with Gasteiger partial charge in [0.05, 0.1) is 0 Å². The number of hydrogen-bond acceptors (Lipinski definition) is 1. The van der Waals surface area contributed by atoms with Crippen molar-refractivity contribution >= 4 is 38.6 Å². The summed E-state index contributed by atoms with van der Waals surface area (Å²) in [7, 11) is 0. The summed E-state index contributed by atoms with van der Waals surface area (Å²) in [5.41, 5.74) is 2.08. The molecule has 0 aliphatic carbocycles. The molecule has 0 saturated carbocycles. The first-order valence-corrected chi connectivity index (χ1v) is 6.25. The Hall–Kier alpha value is -1.80. The average molecular weight is 258 g/mol. The van der Waals surface area contributed by atoms with E-state index < -0.39 is 0 Å². The van der Waals surface area contributed by atoms with Crippen LogP contribution in [0.4, 0.5) is 0 Å². The topological polar surface area (TPSA) is 22.0 Å². The van der Waals surface area contributed by atoms with E-state index in [9.17, 15) is 4.79 Å². The molecule has 1 heterocycles. The van der Waals surface area contributed by atoms with Crippen molar-refractivity contribution in [3.8, 4) is 0 Å². The highest BCUT2D eigenvalue weighted by atomic mass is 35.5. The molecular formula is C15H12ClNO. The highest BCUT2D eigenvalue weighted by molar-refractivity contribution is 6.64. The molecule has 0 radical (unpaired) electrons. The molecule has 2 nitrogen and oxygen atoms in total. The Labute approximate surface area is 110 Å². The largest absolute Gasteiger partial charge is 0.329 e. The minimum Gasteiger partial charge on any atom is -0.329 e. The Bertz CT molecular complexity index is 691. The molecule has 90 valence electrons. The van der Waals surface area contributed by atoms with Gasteiger partial charge in [-0.05, 0) is 30.7 Å². The molecule has 3 rings (SSSR count). The lowest BCUT2D eigenvalue weighted by Crippen LogP contribution is -2.10. The summed E-state index contributed by atoms with van der Waals surface area (Å²) >= 11 is 5.66. The van der Waals surface area contributed by atoms with Crippen LogP contribution >= 0.6 is 11.6 Å². The van der Waals surface area contributed by atoms with E-state index in [2.05, 4.69) is 12.1 Å². The molecule has 3 aromatic rings. The fourth-order valence-electron chi connectivity index (χ4n) is 2.47. The van der Waals surface area contributed by atoms with Gasteiger partial charge in [0, 0.05) is 21.8 Å². The number of benzene rings is 2. The number of fused-ring (bicyclic) bond motifs is 3. The molecular weight excluding hydrogens is 246 g/mol. The summed E-state index contributed by atoms with van der Waals surface area (Å²) in [6.45, 7) is 1.83. The van der Waals surface area contributed by atoms with Gasteiger partial charge < -0.3 is 4.57 Å². The monoisotopic (exact) mass is 257 g/mol. The van der Waals surface area contributed by atoms with Crippen molar-refractivity contribution in [3.63, 3.8) is 0 Å². The molecule has 0 spiro atoms. The first kappa shape index (κ1) is 11.3. The summed E-state index contributed by atoms with van der Waals surface area (Å²) in [5.74, 6) is 0. The van der Waals surface area contributed by atoms with Crippen molar-refractivity contribution in [2.24, 2.45) is 0 Å². The van der Waals surface area contributed by atoms with E-state index in [0.717, 1.165) is 21.8 Å². The molecule has 0 N–H and O–H groups in total. The van der Waals surface area contributed by atoms with Crippen LogP contribution in [-0.4, -0.2) is 9.81 Å². The summed E-state index contributed by atoms with van der Waals surface area (Å²) in [5, 5.41) is 1.96. The van der Waals surface area contributed by atoms with Crippen molar-refractivity contribution < 1.29 is 4.79 Å². The normalized spacial score (nSPS) is 13.0. The average Bonchev–Trinajstić information content (AvgIpc) is 2.72. The van der Waals surface area contributed by atoms with E-state index in [1.165, 1.54) is 0 Å². The predicted molar refractivity (Wildman–Crippen MR) is 75.0 cm³/mol.